The lowest BCUT2D eigenvalue weighted by Gasteiger charge is -2.12. The molecule has 0 spiro atoms. The number of imidazole rings is 1. The van der Waals surface area contributed by atoms with E-state index in [2.05, 4.69) is 14.8 Å². The number of nitrogens with one attached hydrogen (secondary N) is 1. The molecule has 1 N–H and O–H groups in total. The molecule has 0 atom stereocenters. The maximum Gasteiger partial charge on any atom is 0.282 e. The highest BCUT2D eigenvalue weighted by molar-refractivity contribution is 7.92. The molecular formula is C13H11Cl2N5O2S. The topological polar surface area (TPSA) is 81.8 Å². The number of halogens is 2. The van der Waals surface area contributed by atoms with Crippen LogP contribution in [0.2, 0.25) is 10.2 Å². The van der Waals surface area contributed by atoms with Crippen LogP contribution in [-0.2, 0) is 17.1 Å². The van der Waals surface area contributed by atoms with Crippen LogP contribution in [0.15, 0.2) is 48.0 Å². The molecule has 0 aliphatic rings. The van der Waals surface area contributed by atoms with Gasteiger partial charge in [-0.05, 0) is 24.3 Å². The second kappa shape index (κ2) is 5.88. The van der Waals surface area contributed by atoms with Crippen molar-refractivity contribution in [2.24, 2.45) is 7.05 Å². The molecule has 0 amide bonds. The Balaban J connectivity index is 2.06. The zero-order chi connectivity index (χ0) is 16.6. The second-order valence-electron chi connectivity index (χ2n) is 4.67. The number of benzene rings is 1. The lowest BCUT2D eigenvalue weighted by atomic mass is 10.3. The number of anilines is 1. The Hall–Kier alpha value is -2.03. The van der Waals surface area contributed by atoms with Gasteiger partial charge in [-0.2, -0.15) is 13.5 Å². The number of aryl methyl sites for hydroxylation is 1. The molecule has 3 rings (SSSR count). The molecule has 0 saturated carbocycles. The number of sulfonamides is 1. The van der Waals surface area contributed by atoms with E-state index in [1.807, 2.05) is 0 Å². The van der Waals surface area contributed by atoms with Crippen LogP contribution in [0.3, 0.4) is 0 Å². The van der Waals surface area contributed by atoms with E-state index in [1.165, 1.54) is 21.6 Å². The quantitative estimate of drug-likeness (QED) is 0.764. The first-order valence-electron chi connectivity index (χ1n) is 6.38. The third-order valence-electron chi connectivity index (χ3n) is 3.04. The van der Waals surface area contributed by atoms with E-state index in [0.29, 0.717) is 10.7 Å². The predicted molar refractivity (Wildman–Crippen MR) is 87.6 cm³/mol. The van der Waals surface area contributed by atoms with Crippen LogP contribution in [0.1, 0.15) is 0 Å². The zero-order valence-electron chi connectivity index (χ0n) is 11.8. The van der Waals surface area contributed by atoms with Crippen molar-refractivity contribution in [1.29, 1.82) is 0 Å². The fraction of sp³-hybridized carbons (Fsp3) is 0.0769. The summed E-state index contributed by atoms with van der Waals surface area (Å²) in [4.78, 5) is 3.82. The monoisotopic (exact) mass is 371 g/mol. The highest BCUT2D eigenvalue weighted by atomic mass is 35.5. The van der Waals surface area contributed by atoms with Gasteiger partial charge in [-0.3, -0.25) is 4.72 Å². The SMILES string of the molecule is Cn1cnc(S(=O)(=O)Nc2cc(Cl)ccc2-n2cccn2)c1Cl. The van der Waals surface area contributed by atoms with Crippen molar-refractivity contribution >= 4 is 38.9 Å². The summed E-state index contributed by atoms with van der Waals surface area (Å²) in [7, 11) is -2.37. The van der Waals surface area contributed by atoms with E-state index in [1.54, 1.807) is 37.6 Å². The van der Waals surface area contributed by atoms with E-state index in [-0.39, 0.29) is 15.9 Å². The summed E-state index contributed by atoms with van der Waals surface area (Å²) in [6, 6.07) is 6.52. The molecule has 2 aromatic heterocycles. The molecule has 0 aliphatic carbocycles. The Kier molecular flexibility index (Phi) is 4.05. The van der Waals surface area contributed by atoms with Gasteiger partial charge >= 0.3 is 0 Å². The normalized spacial score (nSPS) is 11.6. The Morgan fingerprint density at radius 1 is 1.26 bits per heavy atom. The molecule has 120 valence electrons. The lowest BCUT2D eigenvalue weighted by Crippen LogP contribution is -2.16. The van der Waals surface area contributed by atoms with Crippen LogP contribution in [0, 0.1) is 0 Å². The maximum atomic E-state index is 12.5. The average Bonchev–Trinajstić information content (AvgIpc) is 3.10. The van der Waals surface area contributed by atoms with E-state index in [4.69, 9.17) is 23.2 Å². The van der Waals surface area contributed by atoms with Gasteiger partial charge in [0.2, 0.25) is 5.03 Å². The lowest BCUT2D eigenvalue weighted by molar-refractivity contribution is 0.598. The first kappa shape index (κ1) is 15.9. The van der Waals surface area contributed by atoms with Gasteiger partial charge in [0, 0.05) is 24.5 Å². The number of hydrogen-bond donors (Lipinski definition) is 1. The van der Waals surface area contributed by atoms with Gasteiger partial charge in [-0.1, -0.05) is 23.2 Å². The zero-order valence-corrected chi connectivity index (χ0v) is 14.1. The van der Waals surface area contributed by atoms with E-state index in [9.17, 15) is 8.42 Å². The first-order valence-corrected chi connectivity index (χ1v) is 8.61. The molecule has 10 heteroatoms. The summed E-state index contributed by atoms with van der Waals surface area (Å²) in [5.41, 5.74) is 0.790. The van der Waals surface area contributed by atoms with Gasteiger partial charge in [-0.25, -0.2) is 9.67 Å². The smallest absolute Gasteiger partial charge is 0.282 e. The summed E-state index contributed by atoms with van der Waals surface area (Å²) in [6.07, 6.45) is 4.60. The molecule has 3 aromatic rings. The van der Waals surface area contributed by atoms with Crippen LogP contribution in [0.5, 0.6) is 0 Å². The minimum absolute atomic E-state index is 0.0140. The average molecular weight is 372 g/mol. The highest BCUT2D eigenvalue weighted by Gasteiger charge is 2.24. The summed E-state index contributed by atoms with van der Waals surface area (Å²) in [6.45, 7) is 0. The molecule has 0 fully saturated rings. The van der Waals surface area contributed by atoms with E-state index in [0.717, 1.165) is 0 Å². The fourth-order valence-electron chi connectivity index (χ4n) is 1.97. The summed E-state index contributed by atoms with van der Waals surface area (Å²) in [5, 5.41) is 4.23. The van der Waals surface area contributed by atoms with Gasteiger partial charge in [0.15, 0.2) is 0 Å². The Bertz CT molecular complexity index is 951. The second-order valence-corrected chi connectivity index (χ2v) is 7.06. The van der Waals surface area contributed by atoms with Gasteiger partial charge in [0.1, 0.15) is 5.15 Å². The summed E-state index contributed by atoms with van der Waals surface area (Å²) >= 11 is 11.9. The van der Waals surface area contributed by atoms with Gasteiger partial charge in [0.05, 0.1) is 17.7 Å². The maximum absolute atomic E-state index is 12.5. The van der Waals surface area contributed by atoms with E-state index < -0.39 is 10.0 Å². The Labute approximate surface area is 142 Å². The largest absolute Gasteiger partial charge is 0.324 e. The van der Waals surface area contributed by atoms with Crippen LogP contribution in [0.25, 0.3) is 5.69 Å². The molecule has 23 heavy (non-hydrogen) atoms. The molecule has 2 heterocycles. The van der Waals surface area contributed by atoms with Crippen LogP contribution in [-0.4, -0.2) is 27.7 Å². The standard InChI is InChI=1S/C13H11Cl2N5O2S/c1-19-8-16-13(12(19)15)23(21,22)18-10-7-9(14)3-4-11(10)20-6-2-5-17-20/h2-8,18H,1H3. The molecule has 1 aromatic carbocycles. The van der Waals surface area contributed by atoms with Crippen molar-refractivity contribution in [3.05, 3.63) is 53.2 Å². The molecule has 0 unspecified atom stereocenters. The molecule has 0 bridgehead atoms. The number of hydrogen-bond acceptors (Lipinski definition) is 4. The highest BCUT2D eigenvalue weighted by Crippen LogP contribution is 2.28. The molecular weight excluding hydrogens is 361 g/mol. The fourth-order valence-corrected chi connectivity index (χ4v) is 3.64. The molecule has 0 saturated heterocycles. The number of aromatic nitrogens is 4. The third kappa shape index (κ3) is 3.05. The van der Waals surface area contributed by atoms with Gasteiger partial charge < -0.3 is 4.57 Å². The van der Waals surface area contributed by atoms with Crippen molar-refractivity contribution in [1.82, 2.24) is 19.3 Å². The molecule has 0 radical (unpaired) electrons. The Morgan fingerprint density at radius 3 is 2.65 bits per heavy atom. The Morgan fingerprint density at radius 2 is 2.04 bits per heavy atom. The molecule has 0 aliphatic heterocycles. The third-order valence-corrected chi connectivity index (χ3v) is 5.13. The van der Waals surface area contributed by atoms with Crippen molar-refractivity contribution in [3.63, 3.8) is 0 Å². The van der Waals surface area contributed by atoms with Crippen LogP contribution >= 0.6 is 23.2 Å². The minimum Gasteiger partial charge on any atom is -0.324 e. The van der Waals surface area contributed by atoms with E-state index >= 15 is 0 Å². The predicted octanol–water partition coefficient (Wildman–Crippen LogP) is 2.71. The summed E-state index contributed by atoms with van der Waals surface area (Å²) < 4.78 is 30.4. The van der Waals surface area contributed by atoms with Crippen LogP contribution < -0.4 is 4.72 Å². The number of rotatable bonds is 4. The van der Waals surface area contributed by atoms with Crippen molar-refractivity contribution < 1.29 is 8.42 Å². The van der Waals surface area contributed by atoms with Gasteiger partial charge in [-0.15, -0.1) is 0 Å². The first-order chi connectivity index (χ1) is 10.9. The van der Waals surface area contributed by atoms with Crippen molar-refractivity contribution in [3.8, 4) is 5.69 Å². The minimum atomic E-state index is -3.97. The van der Waals surface area contributed by atoms with Crippen molar-refractivity contribution in [2.45, 2.75) is 5.03 Å². The number of nitrogens with zero attached hydrogens (tertiary/aromatic N) is 4. The van der Waals surface area contributed by atoms with Crippen molar-refractivity contribution in [2.75, 3.05) is 4.72 Å². The molecule has 7 nitrogen and oxygen atoms in total. The summed E-state index contributed by atoms with van der Waals surface area (Å²) in [5.74, 6) is 0. The van der Waals surface area contributed by atoms with Crippen LogP contribution in [0.4, 0.5) is 5.69 Å². The van der Waals surface area contributed by atoms with Gasteiger partial charge in [0.25, 0.3) is 10.0 Å².